The van der Waals surface area contributed by atoms with Crippen LogP contribution >= 0.6 is 0 Å². The summed E-state index contributed by atoms with van der Waals surface area (Å²) in [5.41, 5.74) is 0.578. The van der Waals surface area contributed by atoms with Crippen LogP contribution in [0.15, 0.2) is 71.9 Å². The summed E-state index contributed by atoms with van der Waals surface area (Å²) in [4.78, 5) is 22.9. The lowest BCUT2D eigenvalue weighted by Crippen LogP contribution is -2.17. The Morgan fingerprint density at radius 1 is 1.18 bits per heavy atom. The van der Waals surface area contributed by atoms with Gasteiger partial charge in [-0.1, -0.05) is 12.1 Å². The summed E-state index contributed by atoms with van der Waals surface area (Å²) in [6, 6.07) is 12.2. The molecule has 0 saturated carbocycles. The molecule has 0 aliphatic carbocycles. The average Bonchev–Trinajstić information content (AvgIpc) is 3.18. The number of aromatic nitrogens is 2. The van der Waals surface area contributed by atoms with Gasteiger partial charge in [0.05, 0.1) is 5.69 Å². The number of benzene rings is 1. The summed E-state index contributed by atoms with van der Waals surface area (Å²) in [5.74, 6) is -3.09. The maximum atomic E-state index is 14.4. The monoisotopic (exact) mass is 486 g/mol. The molecule has 0 aliphatic rings. The second-order valence-electron chi connectivity index (χ2n) is 6.49. The van der Waals surface area contributed by atoms with E-state index in [-0.39, 0.29) is 28.4 Å². The smallest absolute Gasteiger partial charge is 0.328 e. The molecule has 0 radical (unpaired) electrons. The molecule has 0 atom stereocenters. The van der Waals surface area contributed by atoms with Gasteiger partial charge in [0.1, 0.15) is 22.5 Å². The molecule has 2 aromatic heterocycles. The summed E-state index contributed by atoms with van der Waals surface area (Å²) in [5, 5.41) is 28.1. The van der Waals surface area contributed by atoms with Crippen LogP contribution in [-0.4, -0.2) is 46.6 Å². The van der Waals surface area contributed by atoms with E-state index >= 15 is 0 Å². The minimum absolute atomic E-state index is 0.0681. The number of carbonyl (C=O) groups is 2. The van der Waals surface area contributed by atoms with Crippen molar-refractivity contribution in [2.75, 3.05) is 7.05 Å². The first-order valence-electron chi connectivity index (χ1n) is 9.47. The van der Waals surface area contributed by atoms with Crippen molar-refractivity contribution in [2.45, 2.75) is 11.4 Å². The maximum absolute atomic E-state index is 14.4. The van der Waals surface area contributed by atoms with Crippen molar-refractivity contribution in [3.63, 3.8) is 0 Å². The topological polar surface area (TPSA) is 162 Å². The molecule has 34 heavy (non-hydrogen) atoms. The van der Waals surface area contributed by atoms with Crippen molar-refractivity contribution < 1.29 is 32.6 Å². The minimum Gasteiger partial charge on any atom is -0.478 e. The van der Waals surface area contributed by atoms with Gasteiger partial charge in [0.25, 0.3) is 10.0 Å². The van der Waals surface area contributed by atoms with Gasteiger partial charge in [-0.15, -0.1) is 0 Å². The van der Waals surface area contributed by atoms with Gasteiger partial charge in [-0.25, -0.2) is 26.4 Å². The largest absolute Gasteiger partial charge is 0.478 e. The lowest BCUT2D eigenvalue weighted by molar-refractivity contribution is -0.134. The molecule has 3 N–H and O–H groups in total. The molecule has 176 valence electrons. The van der Waals surface area contributed by atoms with E-state index in [4.69, 9.17) is 10.2 Å². The number of aliphatic carboxylic acids is 2. The van der Waals surface area contributed by atoms with E-state index in [1.807, 2.05) is 6.07 Å². The standard InChI is InChI=1S/C18H15FN4O2S.C4H4O4/c1-21-11-13-9-17(15-6-2-3-7-16(15)19)23(18(13)10-20)26(24,25)14-5-4-8-22-12-14;5-3(6)1-2-4(7)8/h2-9,12,21H,11H2,1H3;1-2H,(H,5,6)(H,7,8)/b;2-1+. The van der Waals surface area contributed by atoms with E-state index in [1.54, 1.807) is 13.1 Å². The molecule has 0 spiro atoms. The van der Waals surface area contributed by atoms with Crippen molar-refractivity contribution in [3.8, 4) is 17.3 Å². The number of nitrogens with zero attached hydrogens (tertiary/aromatic N) is 3. The number of nitrogens with one attached hydrogen (secondary N) is 1. The second kappa shape index (κ2) is 11.5. The highest BCUT2D eigenvalue weighted by molar-refractivity contribution is 7.90. The maximum Gasteiger partial charge on any atom is 0.328 e. The zero-order chi connectivity index (χ0) is 25.3. The van der Waals surface area contributed by atoms with Crippen molar-refractivity contribution >= 4 is 22.0 Å². The van der Waals surface area contributed by atoms with Crippen LogP contribution in [0.4, 0.5) is 4.39 Å². The highest BCUT2D eigenvalue weighted by atomic mass is 32.2. The first-order chi connectivity index (χ1) is 16.1. The number of nitriles is 1. The third-order valence-electron chi connectivity index (χ3n) is 4.20. The quantitative estimate of drug-likeness (QED) is 0.425. The highest BCUT2D eigenvalue weighted by Gasteiger charge is 2.28. The third-order valence-corrected chi connectivity index (χ3v) is 5.90. The summed E-state index contributed by atoms with van der Waals surface area (Å²) >= 11 is 0. The number of halogens is 1. The summed E-state index contributed by atoms with van der Waals surface area (Å²) < 4.78 is 41.6. The molecular weight excluding hydrogens is 467 g/mol. The second-order valence-corrected chi connectivity index (χ2v) is 8.28. The zero-order valence-electron chi connectivity index (χ0n) is 17.7. The first kappa shape index (κ1) is 25.9. The number of pyridine rings is 1. The van der Waals surface area contributed by atoms with Crippen molar-refractivity contribution in [3.05, 3.63) is 84.1 Å². The van der Waals surface area contributed by atoms with Crippen LogP contribution in [0.5, 0.6) is 0 Å². The van der Waals surface area contributed by atoms with Gasteiger partial charge < -0.3 is 15.5 Å². The molecule has 12 heteroatoms. The van der Waals surface area contributed by atoms with Crippen LogP contribution in [0.25, 0.3) is 11.3 Å². The molecular formula is C22H19FN4O6S. The van der Waals surface area contributed by atoms with E-state index < -0.39 is 27.8 Å². The predicted octanol–water partition coefficient (Wildman–Crippen LogP) is 2.23. The van der Waals surface area contributed by atoms with Crippen LogP contribution < -0.4 is 5.32 Å². The Morgan fingerprint density at radius 3 is 2.32 bits per heavy atom. The molecule has 0 bridgehead atoms. The lowest BCUT2D eigenvalue weighted by Gasteiger charge is -2.12. The zero-order valence-corrected chi connectivity index (χ0v) is 18.5. The number of carboxylic acid groups (broad SMARTS) is 2. The van der Waals surface area contributed by atoms with E-state index in [0.29, 0.717) is 17.7 Å². The molecule has 0 unspecified atom stereocenters. The highest BCUT2D eigenvalue weighted by Crippen LogP contribution is 2.31. The number of hydrogen-bond acceptors (Lipinski definition) is 7. The Balaban J connectivity index is 0.000000440. The van der Waals surface area contributed by atoms with Gasteiger partial charge in [0.2, 0.25) is 0 Å². The molecule has 2 heterocycles. The van der Waals surface area contributed by atoms with E-state index in [0.717, 1.165) is 3.97 Å². The van der Waals surface area contributed by atoms with Crippen LogP contribution in [0.3, 0.4) is 0 Å². The lowest BCUT2D eigenvalue weighted by atomic mass is 10.1. The van der Waals surface area contributed by atoms with Crippen LogP contribution in [-0.2, 0) is 26.2 Å². The van der Waals surface area contributed by atoms with E-state index in [2.05, 4.69) is 10.3 Å². The van der Waals surface area contributed by atoms with Crippen LogP contribution in [0.2, 0.25) is 0 Å². The van der Waals surface area contributed by atoms with Gasteiger partial charge >= 0.3 is 11.9 Å². The Bertz CT molecular complexity index is 1350. The van der Waals surface area contributed by atoms with Crippen LogP contribution in [0.1, 0.15) is 11.3 Å². The minimum atomic E-state index is -4.14. The van der Waals surface area contributed by atoms with E-state index in [9.17, 15) is 27.7 Å². The first-order valence-corrected chi connectivity index (χ1v) is 10.9. The Labute approximate surface area is 194 Å². The fraction of sp³-hybridized carbons (Fsp3) is 0.0909. The Morgan fingerprint density at radius 2 is 1.82 bits per heavy atom. The average molecular weight is 486 g/mol. The van der Waals surface area contributed by atoms with Gasteiger partial charge in [-0.05, 0) is 37.4 Å². The molecule has 3 aromatic rings. The van der Waals surface area contributed by atoms with Crippen molar-refractivity contribution in [2.24, 2.45) is 0 Å². The molecule has 0 aliphatic heterocycles. The van der Waals surface area contributed by atoms with Gasteiger partial charge in [-0.2, -0.15) is 5.26 Å². The SMILES string of the molecule is CNCc1cc(-c2ccccc2F)n(S(=O)(=O)c2cccnc2)c1C#N.O=C(O)/C=C/C(=O)O. The summed E-state index contributed by atoms with van der Waals surface area (Å²) in [6.07, 6.45) is 3.76. The predicted molar refractivity (Wildman–Crippen MR) is 119 cm³/mol. The fourth-order valence-corrected chi connectivity index (χ4v) is 4.30. The molecule has 3 rings (SSSR count). The molecule has 1 aromatic carbocycles. The van der Waals surface area contributed by atoms with Crippen molar-refractivity contribution in [1.29, 1.82) is 5.26 Å². The van der Waals surface area contributed by atoms with E-state index in [1.165, 1.54) is 48.8 Å². The number of carboxylic acids is 2. The third kappa shape index (κ3) is 6.12. The Hall–Kier alpha value is -4.34. The molecule has 0 amide bonds. The fourth-order valence-electron chi connectivity index (χ4n) is 2.84. The molecule has 10 nitrogen and oxygen atoms in total. The Kier molecular flexibility index (Phi) is 8.77. The van der Waals surface area contributed by atoms with Gasteiger partial charge in [0, 0.05) is 42.2 Å². The van der Waals surface area contributed by atoms with Crippen molar-refractivity contribution in [1.82, 2.24) is 14.3 Å². The molecule has 0 saturated heterocycles. The van der Waals surface area contributed by atoms with Gasteiger partial charge in [-0.3, -0.25) is 4.98 Å². The molecule has 0 fully saturated rings. The van der Waals surface area contributed by atoms with Crippen LogP contribution in [0, 0.1) is 17.1 Å². The summed E-state index contributed by atoms with van der Waals surface area (Å²) in [6.45, 7) is 0.264. The summed E-state index contributed by atoms with van der Waals surface area (Å²) in [7, 11) is -2.46. The normalized spacial score (nSPS) is 10.9. The number of hydrogen-bond donors (Lipinski definition) is 3. The number of rotatable bonds is 7. The van der Waals surface area contributed by atoms with Gasteiger partial charge in [0.15, 0.2) is 0 Å².